The number of ether oxygens (including phenoxy) is 3. The van der Waals surface area contributed by atoms with Crippen molar-refractivity contribution < 1.29 is 19.0 Å². The van der Waals surface area contributed by atoms with Gasteiger partial charge < -0.3 is 19.5 Å². The first-order valence-electron chi connectivity index (χ1n) is 11.3. The average Bonchev–Trinajstić information content (AvgIpc) is 2.87. The van der Waals surface area contributed by atoms with Crippen LogP contribution in [0, 0.1) is 11.3 Å². The van der Waals surface area contributed by atoms with E-state index in [9.17, 15) is 10.1 Å². The number of nitriles is 1. The van der Waals surface area contributed by atoms with E-state index in [1.54, 1.807) is 36.4 Å². The summed E-state index contributed by atoms with van der Waals surface area (Å²) >= 11 is 3.51. The van der Waals surface area contributed by atoms with Crippen LogP contribution >= 0.6 is 15.9 Å². The van der Waals surface area contributed by atoms with Gasteiger partial charge in [0.1, 0.15) is 24.0 Å². The summed E-state index contributed by atoms with van der Waals surface area (Å²) in [5, 5.41) is 12.4. The number of halogens is 1. The molecule has 0 fully saturated rings. The van der Waals surface area contributed by atoms with Gasteiger partial charge in [0.2, 0.25) is 0 Å². The average molecular weight is 535 g/mol. The predicted molar refractivity (Wildman–Crippen MR) is 141 cm³/mol. The molecular formula is C28H27BrN2O4. The lowest BCUT2D eigenvalue weighted by atomic mass is 10.1. The molecule has 3 rings (SSSR count). The third-order valence-electron chi connectivity index (χ3n) is 4.82. The molecule has 0 atom stereocenters. The number of carbonyl (C=O) groups is 1. The van der Waals surface area contributed by atoms with E-state index in [-0.39, 0.29) is 5.57 Å². The van der Waals surface area contributed by atoms with Gasteiger partial charge in [0, 0.05) is 5.69 Å². The third kappa shape index (κ3) is 7.62. The first-order chi connectivity index (χ1) is 17.0. The van der Waals surface area contributed by atoms with E-state index in [0.717, 1.165) is 12.0 Å². The summed E-state index contributed by atoms with van der Waals surface area (Å²) in [7, 11) is 0. The Balaban J connectivity index is 1.70. The highest BCUT2D eigenvalue weighted by atomic mass is 79.9. The van der Waals surface area contributed by atoms with Crippen molar-refractivity contribution in [3.05, 3.63) is 87.9 Å². The Kier molecular flexibility index (Phi) is 9.76. The van der Waals surface area contributed by atoms with Gasteiger partial charge in [0.25, 0.3) is 5.91 Å². The molecule has 35 heavy (non-hydrogen) atoms. The van der Waals surface area contributed by atoms with Gasteiger partial charge in [-0.3, -0.25) is 4.79 Å². The van der Waals surface area contributed by atoms with E-state index < -0.39 is 5.91 Å². The molecule has 0 aliphatic carbocycles. The Morgan fingerprint density at radius 1 is 1.03 bits per heavy atom. The molecule has 1 amide bonds. The minimum atomic E-state index is -0.508. The molecule has 3 aromatic rings. The minimum Gasteiger partial charge on any atom is -0.490 e. The minimum absolute atomic E-state index is 0.0361. The zero-order valence-corrected chi connectivity index (χ0v) is 21.3. The second-order valence-corrected chi connectivity index (χ2v) is 8.39. The van der Waals surface area contributed by atoms with Crippen LogP contribution < -0.4 is 19.5 Å². The summed E-state index contributed by atoms with van der Waals surface area (Å²) in [6, 6.07) is 22.4. The van der Waals surface area contributed by atoms with Crippen LogP contribution in [-0.2, 0) is 11.4 Å². The normalized spacial score (nSPS) is 10.9. The lowest BCUT2D eigenvalue weighted by Gasteiger charge is -2.14. The molecule has 0 aliphatic heterocycles. The highest BCUT2D eigenvalue weighted by Gasteiger charge is 2.14. The standard InChI is InChI=1S/C28H27BrN2O4/c1-3-14-34-27-25(29)16-21(17-26(27)33-4-2)15-22(18-30)28(32)31-23-10-12-24(13-11-23)35-19-20-8-6-5-7-9-20/h5-13,15-17H,3-4,14,19H2,1-2H3,(H,31,32)/b22-15+. The third-order valence-corrected chi connectivity index (χ3v) is 5.41. The van der Waals surface area contributed by atoms with Crippen LogP contribution in [0.5, 0.6) is 17.2 Å². The number of hydrogen-bond donors (Lipinski definition) is 1. The fraction of sp³-hybridized carbons (Fsp3) is 0.214. The maximum atomic E-state index is 12.7. The second-order valence-electron chi connectivity index (χ2n) is 7.53. The number of hydrogen-bond acceptors (Lipinski definition) is 5. The van der Waals surface area contributed by atoms with E-state index in [2.05, 4.69) is 21.2 Å². The maximum absolute atomic E-state index is 12.7. The number of rotatable bonds is 11. The molecular weight excluding hydrogens is 508 g/mol. The van der Waals surface area contributed by atoms with Gasteiger partial charge in [0.05, 0.1) is 17.7 Å². The van der Waals surface area contributed by atoms with E-state index >= 15 is 0 Å². The van der Waals surface area contributed by atoms with Crippen LogP contribution in [0.4, 0.5) is 5.69 Å². The van der Waals surface area contributed by atoms with Gasteiger partial charge in [-0.2, -0.15) is 5.26 Å². The Labute approximate surface area is 214 Å². The number of anilines is 1. The van der Waals surface area contributed by atoms with Crippen molar-refractivity contribution in [3.8, 4) is 23.3 Å². The molecule has 3 aromatic carbocycles. The van der Waals surface area contributed by atoms with E-state index in [1.165, 1.54) is 6.08 Å². The first kappa shape index (κ1) is 25.9. The van der Waals surface area contributed by atoms with Crippen LogP contribution in [0.2, 0.25) is 0 Å². The molecule has 0 spiro atoms. The van der Waals surface area contributed by atoms with Gasteiger partial charge in [-0.05, 0) is 82.9 Å². The zero-order chi connectivity index (χ0) is 25.0. The second kappa shape index (κ2) is 13.2. The molecule has 0 bridgehead atoms. The topological polar surface area (TPSA) is 80.6 Å². The zero-order valence-electron chi connectivity index (χ0n) is 19.7. The molecule has 0 heterocycles. The van der Waals surface area contributed by atoms with E-state index in [4.69, 9.17) is 14.2 Å². The summed E-state index contributed by atoms with van der Waals surface area (Å²) in [5.41, 5.74) is 2.23. The predicted octanol–water partition coefficient (Wildman–Crippen LogP) is 6.76. The van der Waals surface area contributed by atoms with Crippen molar-refractivity contribution in [2.75, 3.05) is 18.5 Å². The number of amides is 1. The Bertz CT molecular complexity index is 1200. The molecule has 0 saturated carbocycles. The van der Waals surface area contributed by atoms with Gasteiger partial charge in [-0.25, -0.2) is 0 Å². The Morgan fingerprint density at radius 3 is 2.43 bits per heavy atom. The van der Waals surface area contributed by atoms with Gasteiger partial charge in [-0.15, -0.1) is 0 Å². The van der Waals surface area contributed by atoms with Gasteiger partial charge in [0.15, 0.2) is 11.5 Å². The molecule has 180 valence electrons. The number of nitrogens with one attached hydrogen (secondary N) is 1. The van der Waals surface area contributed by atoms with Crippen molar-refractivity contribution in [2.45, 2.75) is 26.9 Å². The summed E-state index contributed by atoms with van der Waals surface area (Å²) in [6.07, 6.45) is 2.38. The summed E-state index contributed by atoms with van der Waals surface area (Å²) < 4.78 is 18.0. The van der Waals surface area contributed by atoms with Crippen molar-refractivity contribution in [1.82, 2.24) is 0 Å². The first-order valence-corrected chi connectivity index (χ1v) is 12.1. The van der Waals surface area contributed by atoms with E-state index in [1.807, 2.05) is 50.2 Å². The molecule has 0 aliphatic rings. The molecule has 6 nitrogen and oxygen atoms in total. The smallest absolute Gasteiger partial charge is 0.266 e. The van der Waals surface area contributed by atoms with Crippen LogP contribution in [0.1, 0.15) is 31.4 Å². The number of nitrogens with zero attached hydrogens (tertiary/aromatic N) is 1. The van der Waals surface area contributed by atoms with Crippen molar-refractivity contribution >= 4 is 33.6 Å². The quantitative estimate of drug-likeness (QED) is 0.217. The molecule has 0 aromatic heterocycles. The maximum Gasteiger partial charge on any atom is 0.266 e. The van der Waals surface area contributed by atoms with Crippen LogP contribution in [0.15, 0.2) is 76.8 Å². The summed E-state index contributed by atoms with van der Waals surface area (Å²) in [5.74, 6) is 1.32. The highest BCUT2D eigenvalue weighted by molar-refractivity contribution is 9.10. The van der Waals surface area contributed by atoms with Crippen LogP contribution in [-0.4, -0.2) is 19.1 Å². The van der Waals surface area contributed by atoms with Gasteiger partial charge >= 0.3 is 0 Å². The van der Waals surface area contributed by atoms with Crippen molar-refractivity contribution in [1.29, 1.82) is 5.26 Å². The number of benzene rings is 3. The molecule has 7 heteroatoms. The SMILES string of the molecule is CCCOc1c(Br)cc(/C=C(\C#N)C(=O)Nc2ccc(OCc3ccccc3)cc2)cc1OCC. The summed E-state index contributed by atoms with van der Waals surface area (Å²) in [4.78, 5) is 12.7. The lowest BCUT2D eigenvalue weighted by molar-refractivity contribution is -0.112. The van der Waals surface area contributed by atoms with Crippen molar-refractivity contribution in [2.24, 2.45) is 0 Å². The Morgan fingerprint density at radius 2 is 1.77 bits per heavy atom. The fourth-order valence-electron chi connectivity index (χ4n) is 3.17. The van der Waals surface area contributed by atoms with Crippen molar-refractivity contribution in [3.63, 3.8) is 0 Å². The Hall–Kier alpha value is -3.76. The monoisotopic (exact) mass is 534 g/mol. The van der Waals surface area contributed by atoms with Crippen LogP contribution in [0.3, 0.4) is 0 Å². The lowest BCUT2D eigenvalue weighted by Crippen LogP contribution is -2.13. The van der Waals surface area contributed by atoms with Crippen LogP contribution in [0.25, 0.3) is 6.08 Å². The fourth-order valence-corrected chi connectivity index (χ4v) is 3.74. The molecule has 0 saturated heterocycles. The van der Waals surface area contributed by atoms with Gasteiger partial charge in [-0.1, -0.05) is 37.3 Å². The summed E-state index contributed by atoms with van der Waals surface area (Å²) in [6.45, 7) is 5.37. The largest absolute Gasteiger partial charge is 0.490 e. The van der Waals surface area contributed by atoms with E-state index in [0.29, 0.717) is 52.8 Å². The molecule has 0 radical (unpaired) electrons. The molecule has 0 unspecified atom stereocenters. The highest BCUT2D eigenvalue weighted by Crippen LogP contribution is 2.37. The molecule has 1 N–H and O–H groups in total. The number of carbonyl (C=O) groups excluding carboxylic acids is 1.